The first-order chi connectivity index (χ1) is 15.9. The molecule has 34 heavy (non-hydrogen) atoms. The van der Waals surface area contributed by atoms with Crippen molar-refractivity contribution in [1.82, 2.24) is 0 Å². The lowest BCUT2D eigenvalue weighted by Crippen LogP contribution is -2.56. The third-order valence-electron chi connectivity index (χ3n) is 5.67. The van der Waals surface area contributed by atoms with Crippen molar-refractivity contribution in [3.05, 3.63) is 64.7 Å². The molecule has 0 bridgehead atoms. The van der Waals surface area contributed by atoms with Crippen molar-refractivity contribution in [3.8, 4) is 5.75 Å². The van der Waals surface area contributed by atoms with E-state index in [1.807, 2.05) is 31.2 Å². The van der Waals surface area contributed by atoms with Crippen molar-refractivity contribution in [3.63, 3.8) is 0 Å². The molecule has 1 heterocycles. The lowest BCUT2D eigenvalue weighted by molar-refractivity contribution is -0.162. The van der Waals surface area contributed by atoms with Gasteiger partial charge in [-0.25, -0.2) is 4.57 Å². The maximum atomic E-state index is 13.7. The number of hydrogen-bond donors (Lipinski definition) is 2. The Bertz CT molecular complexity index is 1020. The summed E-state index contributed by atoms with van der Waals surface area (Å²) in [5.41, 5.74) is 6.24. The molecule has 0 aromatic heterocycles. The Kier molecular flexibility index (Phi) is 8.42. The van der Waals surface area contributed by atoms with Crippen molar-refractivity contribution in [2.45, 2.75) is 57.0 Å². The topological polar surface area (TPSA) is 91.0 Å². The Balaban J connectivity index is 1.63. The van der Waals surface area contributed by atoms with Gasteiger partial charge >= 0.3 is 14.0 Å². The van der Waals surface area contributed by atoms with E-state index in [9.17, 15) is 22.1 Å². The Hall–Kier alpha value is -1.97. The average molecular weight is 505 g/mol. The Morgan fingerprint density at radius 3 is 2.41 bits per heavy atom. The van der Waals surface area contributed by atoms with E-state index in [-0.39, 0.29) is 31.6 Å². The molecule has 1 atom stereocenters. The maximum Gasteiger partial charge on any atom is 0.477 e. The number of halogens is 4. The fourth-order valence-corrected chi connectivity index (χ4v) is 4.70. The van der Waals surface area contributed by atoms with Gasteiger partial charge in [0.2, 0.25) is 0 Å². The number of benzene rings is 2. The summed E-state index contributed by atoms with van der Waals surface area (Å²) in [7, 11) is -4.18. The van der Waals surface area contributed by atoms with Crippen LogP contribution in [-0.4, -0.2) is 30.0 Å². The number of rotatable bonds is 11. The molecule has 0 spiro atoms. The van der Waals surface area contributed by atoms with Gasteiger partial charge in [0.1, 0.15) is 5.75 Å². The summed E-state index contributed by atoms with van der Waals surface area (Å²) in [4.78, 5) is 9.15. The molecule has 3 rings (SSSR count). The Morgan fingerprint density at radius 1 is 1.09 bits per heavy atom. The number of aryl methyl sites for hydroxylation is 3. The molecular formula is C23H28F4NO5P. The van der Waals surface area contributed by atoms with E-state index in [4.69, 9.17) is 24.4 Å². The van der Waals surface area contributed by atoms with Crippen molar-refractivity contribution in [1.29, 1.82) is 0 Å². The zero-order chi connectivity index (χ0) is 25.0. The first-order valence-electron chi connectivity index (χ1n) is 10.8. The van der Waals surface area contributed by atoms with Crippen LogP contribution in [-0.2, 0) is 32.6 Å². The summed E-state index contributed by atoms with van der Waals surface area (Å²) < 4.78 is 80.1. The smallest absolute Gasteiger partial charge is 0.477 e. The molecule has 2 aromatic rings. The van der Waals surface area contributed by atoms with E-state index < -0.39 is 38.1 Å². The minimum absolute atomic E-state index is 0.0183. The van der Waals surface area contributed by atoms with E-state index >= 15 is 0 Å². The minimum atomic E-state index is -4.63. The lowest BCUT2D eigenvalue weighted by atomic mass is 9.88. The van der Waals surface area contributed by atoms with Crippen LogP contribution in [0.2, 0.25) is 0 Å². The number of nitrogens with two attached hydrogens (primary N) is 1. The van der Waals surface area contributed by atoms with E-state index in [1.165, 1.54) is 12.1 Å². The lowest BCUT2D eigenvalue weighted by Gasteiger charge is -2.42. The molecular weight excluding hydrogens is 477 g/mol. The predicted molar refractivity (Wildman–Crippen MR) is 118 cm³/mol. The van der Waals surface area contributed by atoms with Gasteiger partial charge in [-0.15, -0.1) is 0 Å². The molecule has 11 heteroatoms. The number of phosphoric ester groups is 1. The van der Waals surface area contributed by atoms with Gasteiger partial charge in [0.25, 0.3) is 0 Å². The van der Waals surface area contributed by atoms with Crippen molar-refractivity contribution in [2.24, 2.45) is 5.73 Å². The molecule has 2 aromatic carbocycles. The van der Waals surface area contributed by atoms with Crippen LogP contribution in [0.4, 0.5) is 17.6 Å². The zero-order valence-electron chi connectivity index (χ0n) is 18.7. The summed E-state index contributed by atoms with van der Waals surface area (Å²) in [6.07, 6.45) is -4.92. The van der Waals surface area contributed by atoms with Crippen LogP contribution in [0.25, 0.3) is 0 Å². The fourth-order valence-electron chi connectivity index (χ4n) is 3.78. The second-order valence-electron chi connectivity index (χ2n) is 8.45. The highest BCUT2D eigenvalue weighted by molar-refractivity contribution is 7.48. The largest absolute Gasteiger partial charge is 0.493 e. The summed E-state index contributed by atoms with van der Waals surface area (Å²) in [5, 5.41) is 0. The average Bonchev–Trinajstić information content (AvgIpc) is 2.73. The monoisotopic (exact) mass is 505 g/mol. The highest BCUT2D eigenvalue weighted by Gasteiger charge is 2.52. The Labute approximate surface area is 195 Å². The van der Waals surface area contributed by atoms with Gasteiger partial charge < -0.3 is 15.4 Å². The quantitative estimate of drug-likeness (QED) is 0.239. The van der Waals surface area contributed by atoms with Crippen LogP contribution in [0.1, 0.15) is 41.5 Å². The molecule has 0 radical (unpaired) electrons. The van der Waals surface area contributed by atoms with Crippen LogP contribution in [0.5, 0.6) is 5.75 Å². The van der Waals surface area contributed by atoms with Gasteiger partial charge in [0.15, 0.2) is 6.29 Å². The van der Waals surface area contributed by atoms with Gasteiger partial charge in [-0.05, 0) is 62.3 Å². The first kappa shape index (κ1) is 26.6. The van der Waals surface area contributed by atoms with Crippen LogP contribution in [0.3, 0.4) is 0 Å². The van der Waals surface area contributed by atoms with E-state index in [2.05, 4.69) is 0 Å². The first-order valence-corrected chi connectivity index (χ1v) is 12.3. The molecule has 1 saturated heterocycles. The summed E-state index contributed by atoms with van der Waals surface area (Å²) in [6, 6.07) is 11.6. The summed E-state index contributed by atoms with van der Waals surface area (Å²) in [6.45, 7) is 1.25. The summed E-state index contributed by atoms with van der Waals surface area (Å²) in [5.74, 6) is -0.268. The molecule has 1 aliphatic heterocycles. The zero-order valence-corrected chi connectivity index (χ0v) is 19.6. The van der Waals surface area contributed by atoms with Crippen LogP contribution in [0.15, 0.2) is 42.5 Å². The van der Waals surface area contributed by atoms with Crippen LogP contribution < -0.4 is 10.5 Å². The van der Waals surface area contributed by atoms with Gasteiger partial charge in [0.05, 0.1) is 24.4 Å². The standard InChI is InChI=1S/C23H28F4NO5P/c1-16-4-2-5-17(14-16)6-3-13-31-20-8-7-18(15-19(20)23(25,26)27)9-10-22(28,11-12-24)21-32-34(29,30)33-21/h2,4-5,7-8,14-15,21H,3,6,9-13,28H2,1H3,(H,29,30). The Morgan fingerprint density at radius 2 is 1.79 bits per heavy atom. The molecule has 0 saturated carbocycles. The van der Waals surface area contributed by atoms with Crippen LogP contribution in [0, 0.1) is 6.92 Å². The second-order valence-corrected chi connectivity index (χ2v) is 9.81. The van der Waals surface area contributed by atoms with E-state index in [1.54, 1.807) is 0 Å². The molecule has 3 N–H and O–H groups in total. The number of hydrogen-bond acceptors (Lipinski definition) is 5. The number of alkyl halides is 4. The molecule has 188 valence electrons. The number of ether oxygens (including phenoxy) is 1. The van der Waals surface area contributed by atoms with E-state index in [0.29, 0.717) is 18.4 Å². The van der Waals surface area contributed by atoms with Gasteiger partial charge in [0, 0.05) is 0 Å². The van der Waals surface area contributed by atoms with Gasteiger partial charge in [-0.2, -0.15) is 13.2 Å². The highest BCUT2D eigenvalue weighted by atomic mass is 31.2. The molecule has 1 aliphatic rings. The van der Waals surface area contributed by atoms with Crippen molar-refractivity contribution >= 4 is 7.82 Å². The fraction of sp³-hybridized carbons (Fsp3) is 0.478. The minimum Gasteiger partial charge on any atom is -0.493 e. The second kappa shape index (κ2) is 10.7. The SMILES string of the molecule is Cc1cccc(CCCOc2ccc(CCC(N)(CCF)C3OP(=O)(O)O3)cc2C(F)(F)F)c1. The normalized spacial score (nSPS) is 22.1. The maximum absolute atomic E-state index is 13.7. The third-order valence-corrected chi connectivity index (χ3v) is 6.58. The molecule has 6 nitrogen and oxygen atoms in total. The number of phosphoric acid groups is 1. The molecule has 1 fully saturated rings. The van der Waals surface area contributed by atoms with Gasteiger partial charge in [-0.3, -0.25) is 13.4 Å². The summed E-state index contributed by atoms with van der Waals surface area (Å²) >= 11 is 0. The van der Waals surface area contributed by atoms with Crippen molar-refractivity contribution < 1.29 is 40.8 Å². The highest BCUT2D eigenvalue weighted by Crippen LogP contribution is 2.58. The molecule has 1 unspecified atom stereocenters. The van der Waals surface area contributed by atoms with Crippen LogP contribution >= 0.6 is 7.82 Å². The van der Waals surface area contributed by atoms with Crippen molar-refractivity contribution in [2.75, 3.05) is 13.3 Å². The van der Waals surface area contributed by atoms with Gasteiger partial charge in [-0.1, -0.05) is 35.9 Å². The third kappa shape index (κ3) is 7.02. The van der Waals surface area contributed by atoms with E-state index in [0.717, 1.165) is 17.2 Å². The molecule has 0 amide bonds. The molecule has 0 aliphatic carbocycles. The predicted octanol–water partition coefficient (Wildman–Crippen LogP) is 5.49.